The predicted molar refractivity (Wildman–Crippen MR) is 73.9 cm³/mol. The summed E-state index contributed by atoms with van der Waals surface area (Å²) in [7, 11) is 0. The largest absolute Gasteiger partial charge is 0.277 e. The highest BCUT2D eigenvalue weighted by Gasteiger charge is 2.16. The average molecular weight is 255 g/mol. The molecule has 0 N–H and O–H groups in total. The molecule has 0 amide bonds. The fraction of sp³-hybridized carbons (Fsp3) is 0. The molecule has 2 aromatic carbocycles. The zero-order chi connectivity index (χ0) is 12.5. The van der Waals surface area contributed by atoms with Gasteiger partial charge in [-0.3, -0.25) is 10.1 Å². The average Bonchev–Trinajstić information content (AvgIpc) is 2.86. The fourth-order valence-corrected chi connectivity index (χ4v) is 2.99. The van der Waals surface area contributed by atoms with E-state index in [2.05, 4.69) is 0 Å². The predicted octanol–water partition coefficient (Wildman–Crippen LogP) is 4.48. The minimum Gasteiger partial charge on any atom is -0.258 e. The van der Waals surface area contributed by atoms with E-state index in [0.29, 0.717) is 5.56 Å². The highest BCUT2D eigenvalue weighted by atomic mass is 32.1. The molecule has 0 spiro atoms. The number of rotatable bonds is 2. The first-order valence-corrected chi connectivity index (χ1v) is 6.35. The summed E-state index contributed by atoms with van der Waals surface area (Å²) in [6.45, 7) is 0. The maximum absolute atomic E-state index is 11.1. The number of para-hydroxylation sites is 1. The van der Waals surface area contributed by atoms with Crippen LogP contribution in [0.25, 0.3) is 21.2 Å². The third-order valence-electron chi connectivity index (χ3n) is 2.87. The highest BCUT2D eigenvalue weighted by Crippen LogP contribution is 2.36. The van der Waals surface area contributed by atoms with Gasteiger partial charge in [0.15, 0.2) is 0 Å². The van der Waals surface area contributed by atoms with Gasteiger partial charge in [0, 0.05) is 16.3 Å². The van der Waals surface area contributed by atoms with Crippen molar-refractivity contribution < 1.29 is 4.92 Å². The van der Waals surface area contributed by atoms with Gasteiger partial charge in [-0.1, -0.05) is 30.3 Å². The summed E-state index contributed by atoms with van der Waals surface area (Å²) in [5.41, 5.74) is 1.75. The van der Waals surface area contributed by atoms with E-state index < -0.39 is 0 Å². The molecule has 3 aromatic rings. The molecule has 0 radical (unpaired) electrons. The number of hydrogen-bond donors (Lipinski definition) is 0. The second kappa shape index (κ2) is 4.23. The van der Waals surface area contributed by atoms with Crippen molar-refractivity contribution in [3.05, 3.63) is 64.0 Å². The highest BCUT2D eigenvalue weighted by molar-refractivity contribution is 7.17. The topological polar surface area (TPSA) is 43.1 Å². The number of nitro groups is 1. The quantitative estimate of drug-likeness (QED) is 0.500. The maximum Gasteiger partial charge on any atom is 0.277 e. The molecule has 0 unspecified atom stereocenters. The lowest BCUT2D eigenvalue weighted by atomic mass is 10.0. The molecular formula is C14H9NO2S. The van der Waals surface area contributed by atoms with Crippen molar-refractivity contribution in [2.45, 2.75) is 0 Å². The van der Waals surface area contributed by atoms with E-state index >= 15 is 0 Å². The number of thiophene rings is 1. The molecular weight excluding hydrogens is 246 g/mol. The Labute approximate surface area is 107 Å². The van der Waals surface area contributed by atoms with Crippen LogP contribution in [0.3, 0.4) is 0 Å². The Bertz CT molecular complexity index is 733. The van der Waals surface area contributed by atoms with Gasteiger partial charge in [0.2, 0.25) is 0 Å². The van der Waals surface area contributed by atoms with Gasteiger partial charge in [0.1, 0.15) is 0 Å². The number of nitrogens with zero attached hydrogens (tertiary/aromatic N) is 1. The SMILES string of the molecule is O=[N+]([O-])c1ccccc1-c1cccc2ccsc12. The summed E-state index contributed by atoms with van der Waals surface area (Å²) in [5, 5.41) is 14.2. The van der Waals surface area contributed by atoms with Crippen molar-refractivity contribution in [2.75, 3.05) is 0 Å². The zero-order valence-electron chi connectivity index (χ0n) is 9.37. The van der Waals surface area contributed by atoms with Crippen molar-refractivity contribution in [3.63, 3.8) is 0 Å². The Morgan fingerprint density at radius 1 is 0.944 bits per heavy atom. The van der Waals surface area contributed by atoms with E-state index in [4.69, 9.17) is 0 Å². The minimum absolute atomic E-state index is 0.151. The zero-order valence-corrected chi connectivity index (χ0v) is 10.2. The Morgan fingerprint density at radius 2 is 1.72 bits per heavy atom. The van der Waals surface area contributed by atoms with E-state index in [1.807, 2.05) is 35.7 Å². The van der Waals surface area contributed by atoms with Crippen LogP contribution in [0.1, 0.15) is 0 Å². The summed E-state index contributed by atoms with van der Waals surface area (Å²) >= 11 is 1.61. The van der Waals surface area contributed by atoms with E-state index in [1.165, 1.54) is 0 Å². The normalized spacial score (nSPS) is 10.7. The first-order valence-electron chi connectivity index (χ1n) is 5.47. The van der Waals surface area contributed by atoms with E-state index in [9.17, 15) is 10.1 Å². The summed E-state index contributed by atoms with van der Waals surface area (Å²) < 4.78 is 1.09. The van der Waals surface area contributed by atoms with Gasteiger partial charge in [0.25, 0.3) is 5.69 Å². The third kappa shape index (κ3) is 1.67. The van der Waals surface area contributed by atoms with Gasteiger partial charge >= 0.3 is 0 Å². The molecule has 4 heteroatoms. The Kier molecular flexibility index (Phi) is 2.57. The lowest BCUT2D eigenvalue weighted by Gasteiger charge is -2.04. The van der Waals surface area contributed by atoms with Crippen molar-refractivity contribution in [1.82, 2.24) is 0 Å². The molecule has 1 aromatic heterocycles. The van der Waals surface area contributed by atoms with Crippen LogP contribution in [0.15, 0.2) is 53.9 Å². The first-order chi connectivity index (χ1) is 8.77. The molecule has 0 fully saturated rings. The fourth-order valence-electron chi connectivity index (χ4n) is 2.07. The Balaban J connectivity index is 2.33. The second-order valence-electron chi connectivity index (χ2n) is 3.92. The van der Waals surface area contributed by atoms with E-state index in [0.717, 1.165) is 15.6 Å². The lowest BCUT2D eigenvalue weighted by Crippen LogP contribution is -1.91. The van der Waals surface area contributed by atoms with Crippen LogP contribution < -0.4 is 0 Å². The van der Waals surface area contributed by atoms with Crippen LogP contribution in [0, 0.1) is 10.1 Å². The first kappa shape index (κ1) is 10.9. The van der Waals surface area contributed by atoms with Gasteiger partial charge in [-0.15, -0.1) is 11.3 Å². The molecule has 0 bridgehead atoms. The van der Waals surface area contributed by atoms with Crippen LogP contribution in [-0.2, 0) is 0 Å². The van der Waals surface area contributed by atoms with Gasteiger partial charge in [-0.25, -0.2) is 0 Å². The summed E-state index contributed by atoms with van der Waals surface area (Å²) in [5.74, 6) is 0. The number of nitro benzene ring substituents is 1. The third-order valence-corrected chi connectivity index (χ3v) is 3.83. The second-order valence-corrected chi connectivity index (χ2v) is 4.83. The molecule has 3 nitrogen and oxygen atoms in total. The van der Waals surface area contributed by atoms with Crippen molar-refractivity contribution in [1.29, 1.82) is 0 Å². The van der Waals surface area contributed by atoms with Gasteiger partial charge in [0.05, 0.1) is 10.5 Å². The van der Waals surface area contributed by atoms with Crippen LogP contribution in [0.2, 0.25) is 0 Å². The van der Waals surface area contributed by atoms with E-state index in [-0.39, 0.29) is 10.6 Å². The van der Waals surface area contributed by atoms with Crippen LogP contribution in [-0.4, -0.2) is 4.92 Å². The van der Waals surface area contributed by atoms with Gasteiger partial charge < -0.3 is 0 Å². The lowest BCUT2D eigenvalue weighted by molar-refractivity contribution is -0.384. The Hall–Kier alpha value is -2.20. The molecule has 0 atom stereocenters. The molecule has 88 valence electrons. The number of fused-ring (bicyclic) bond motifs is 1. The molecule has 3 rings (SSSR count). The van der Waals surface area contributed by atoms with E-state index in [1.54, 1.807) is 29.5 Å². The number of hydrogen-bond acceptors (Lipinski definition) is 3. The molecule has 0 aliphatic rings. The molecule has 0 saturated carbocycles. The van der Waals surface area contributed by atoms with Crippen LogP contribution >= 0.6 is 11.3 Å². The van der Waals surface area contributed by atoms with Gasteiger partial charge in [-0.05, 0) is 22.9 Å². The molecule has 0 aliphatic heterocycles. The maximum atomic E-state index is 11.1. The van der Waals surface area contributed by atoms with Crippen LogP contribution in [0.4, 0.5) is 5.69 Å². The molecule has 18 heavy (non-hydrogen) atoms. The summed E-state index contributed by atoms with van der Waals surface area (Å²) in [6, 6.07) is 14.8. The van der Waals surface area contributed by atoms with Crippen molar-refractivity contribution in [3.8, 4) is 11.1 Å². The molecule has 0 saturated heterocycles. The van der Waals surface area contributed by atoms with Gasteiger partial charge in [-0.2, -0.15) is 0 Å². The smallest absolute Gasteiger partial charge is 0.258 e. The summed E-state index contributed by atoms with van der Waals surface area (Å²) in [6.07, 6.45) is 0. The molecule has 0 aliphatic carbocycles. The monoisotopic (exact) mass is 255 g/mol. The minimum atomic E-state index is -0.332. The molecule has 1 heterocycles. The van der Waals surface area contributed by atoms with Crippen molar-refractivity contribution >= 4 is 27.1 Å². The van der Waals surface area contributed by atoms with Crippen LogP contribution in [0.5, 0.6) is 0 Å². The summed E-state index contributed by atoms with van der Waals surface area (Å²) in [4.78, 5) is 10.7. The van der Waals surface area contributed by atoms with Crippen molar-refractivity contribution in [2.24, 2.45) is 0 Å². The Morgan fingerprint density at radius 3 is 2.56 bits per heavy atom. The standard InChI is InChI=1S/C14H9NO2S/c16-15(17)13-7-2-1-5-11(13)12-6-3-4-10-8-9-18-14(10)12/h1-9H. The number of benzene rings is 2.